The second-order valence-corrected chi connectivity index (χ2v) is 10.8. The Labute approximate surface area is 248 Å². The molecule has 0 amide bonds. The monoisotopic (exact) mass is 585 g/mol. The van der Waals surface area contributed by atoms with Crippen LogP contribution in [0.15, 0.2) is 140 Å². The first-order valence-corrected chi connectivity index (χ1v) is 14.1. The highest BCUT2D eigenvalue weighted by Gasteiger charge is 2.47. The highest BCUT2D eigenvalue weighted by molar-refractivity contribution is 6.50. The number of nitrogens with zero attached hydrogens (tertiary/aromatic N) is 1. The van der Waals surface area contributed by atoms with E-state index in [2.05, 4.69) is 144 Å². The zero-order valence-corrected chi connectivity index (χ0v) is 23.5. The van der Waals surface area contributed by atoms with Gasteiger partial charge in [0.25, 0.3) is 0 Å². The van der Waals surface area contributed by atoms with Crippen molar-refractivity contribution >= 4 is 30.8 Å². The summed E-state index contributed by atoms with van der Waals surface area (Å²) >= 11 is 6.69. The second-order valence-electron chi connectivity index (χ2n) is 10.4. The van der Waals surface area contributed by atoms with Crippen LogP contribution in [-0.4, -0.2) is 18.0 Å². The predicted molar refractivity (Wildman–Crippen MR) is 164 cm³/mol. The number of rotatable bonds is 7. The summed E-state index contributed by atoms with van der Waals surface area (Å²) < 4.78 is 41.5. The van der Waals surface area contributed by atoms with Crippen molar-refractivity contribution in [3.63, 3.8) is 0 Å². The van der Waals surface area contributed by atoms with E-state index in [4.69, 9.17) is 11.6 Å². The smallest absolute Gasteiger partial charge is 0.418 e. The Morgan fingerprint density at radius 1 is 0.595 bits per heavy atom. The number of hydrogen-bond acceptors (Lipinski definition) is 0. The Kier molecular flexibility index (Phi) is 8.93. The summed E-state index contributed by atoms with van der Waals surface area (Å²) in [5.74, 6) is 0. The molecule has 1 aliphatic rings. The molecule has 212 valence electrons. The van der Waals surface area contributed by atoms with Crippen molar-refractivity contribution in [1.29, 1.82) is 0 Å². The van der Waals surface area contributed by atoms with Gasteiger partial charge in [0.2, 0.25) is 11.7 Å². The van der Waals surface area contributed by atoms with Crippen LogP contribution in [0.4, 0.5) is 23.0 Å². The molecule has 7 heteroatoms. The SMILES string of the molecule is Clc1ccc2c(c1)C(Cc1ccccc1)(Cc1ccccc1)C=[N+]2C(c1ccccc1)c1ccccc1.F[B-](F)(F)F. The fourth-order valence-electron chi connectivity index (χ4n) is 5.80. The van der Waals surface area contributed by atoms with Crippen molar-refractivity contribution in [1.82, 2.24) is 0 Å². The molecule has 0 N–H and O–H groups in total. The normalized spacial score (nSPS) is 13.6. The lowest BCUT2D eigenvalue weighted by molar-refractivity contribution is -0.472. The average molecular weight is 586 g/mol. The van der Waals surface area contributed by atoms with Crippen LogP contribution in [0.3, 0.4) is 0 Å². The molecular weight excluding hydrogens is 557 g/mol. The summed E-state index contributed by atoms with van der Waals surface area (Å²) in [6.45, 7) is 0. The van der Waals surface area contributed by atoms with Crippen molar-refractivity contribution in [2.24, 2.45) is 0 Å². The molecule has 6 rings (SSSR count). The number of fused-ring (bicyclic) bond motifs is 1. The molecule has 0 bridgehead atoms. The van der Waals surface area contributed by atoms with Gasteiger partial charge in [-0.3, -0.25) is 0 Å². The Balaban J connectivity index is 0.000000652. The van der Waals surface area contributed by atoms with Crippen LogP contribution in [0.5, 0.6) is 0 Å². The maximum atomic E-state index is 9.75. The molecule has 0 saturated carbocycles. The topological polar surface area (TPSA) is 3.01 Å². The highest BCUT2D eigenvalue weighted by atomic mass is 35.5. The van der Waals surface area contributed by atoms with Crippen LogP contribution < -0.4 is 0 Å². The van der Waals surface area contributed by atoms with Crippen LogP contribution in [-0.2, 0) is 18.3 Å². The summed E-state index contributed by atoms with van der Waals surface area (Å²) in [6, 6.07) is 49.7. The summed E-state index contributed by atoms with van der Waals surface area (Å²) in [5, 5.41) is 0.774. The molecule has 1 heterocycles. The van der Waals surface area contributed by atoms with E-state index in [0.29, 0.717) is 0 Å². The number of hydrogen-bond donors (Lipinski definition) is 0. The fourth-order valence-corrected chi connectivity index (χ4v) is 5.97. The molecule has 1 aliphatic heterocycles. The number of benzene rings is 5. The molecule has 0 fully saturated rings. The maximum Gasteiger partial charge on any atom is 0.673 e. The van der Waals surface area contributed by atoms with Crippen LogP contribution in [0, 0.1) is 0 Å². The molecule has 5 aromatic carbocycles. The molecule has 0 radical (unpaired) electrons. The van der Waals surface area contributed by atoms with E-state index in [1.165, 1.54) is 33.5 Å². The lowest BCUT2D eigenvalue weighted by Crippen LogP contribution is -2.32. The molecule has 0 aromatic heterocycles. The van der Waals surface area contributed by atoms with Gasteiger partial charge in [-0.1, -0.05) is 133 Å². The molecule has 0 aliphatic carbocycles. The fraction of sp³-hybridized carbons (Fsp3) is 0.114. The minimum absolute atomic E-state index is 0.0516. The molecule has 5 aromatic rings. The molecule has 0 saturated heterocycles. The van der Waals surface area contributed by atoms with E-state index in [1.807, 2.05) is 6.07 Å². The van der Waals surface area contributed by atoms with Crippen molar-refractivity contribution in [2.45, 2.75) is 24.3 Å². The molecule has 42 heavy (non-hydrogen) atoms. The van der Waals surface area contributed by atoms with Gasteiger partial charge >= 0.3 is 7.25 Å². The van der Waals surface area contributed by atoms with Gasteiger partial charge in [0.1, 0.15) is 0 Å². The van der Waals surface area contributed by atoms with Gasteiger partial charge in [0.05, 0.1) is 5.41 Å². The van der Waals surface area contributed by atoms with Gasteiger partial charge < -0.3 is 17.3 Å². The van der Waals surface area contributed by atoms with Crippen LogP contribution in [0.25, 0.3) is 0 Å². The van der Waals surface area contributed by atoms with Crippen molar-refractivity contribution in [2.75, 3.05) is 0 Å². The lowest BCUT2D eigenvalue weighted by atomic mass is 9.73. The van der Waals surface area contributed by atoms with Gasteiger partial charge in [-0.15, -0.1) is 0 Å². The van der Waals surface area contributed by atoms with E-state index in [0.717, 1.165) is 17.9 Å². The summed E-state index contributed by atoms with van der Waals surface area (Å²) in [4.78, 5) is 0. The largest absolute Gasteiger partial charge is 0.673 e. The van der Waals surface area contributed by atoms with Crippen molar-refractivity contribution in [3.8, 4) is 0 Å². The van der Waals surface area contributed by atoms with Crippen molar-refractivity contribution in [3.05, 3.63) is 172 Å². The zero-order chi connectivity index (χ0) is 29.6. The predicted octanol–water partition coefficient (Wildman–Crippen LogP) is 9.88. The molecule has 0 unspecified atom stereocenters. The Hall–Kier alpha value is -4.16. The Morgan fingerprint density at radius 3 is 1.43 bits per heavy atom. The summed E-state index contributed by atoms with van der Waals surface area (Å²) in [7, 11) is -6.00. The minimum Gasteiger partial charge on any atom is -0.418 e. The first-order valence-electron chi connectivity index (χ1n) is 13.7. The third-order valence-electron chi connectivity index (χ3n) is 7.39. The van der Waals surface area contributed by atoms with E-state index < -0.39 is 7.25 Å². The van der Waals surface area contributed by atoms with Gasteiger partial charge in [0, 0.05) is 27.8 Å². The van der Waals surface area contributed by atoms with Crippen LogP contribution >= 0.6 is 11.6 Å². The van der Waals surface area contributed by atoms with Gasteiger partial charge in [-0.05, 0) is 36.1 Å². The molecule has 0 atom stereocenters. The first-order chi connectivity index (χ1) is 20.2. The quantitative estimate of drug-likeness (QED) is 0.102. The zero-order valence-electron chi connectivity index (χ0n) is 22.8. The first kappa shape index (κ1) is 29.3. The van der Waals surface area contributed by atoms with E-state index in [1.54, 1.807) is 0 Å². The van der Waals surface area contributed by atoms with Gasteiger partial charge in [0.15, 0.2) is 6.21 Å². The second kappa shape index (κ2) is 12.8. The Morgan fingerprint density at radius 2 is 1.00 bits per heavy atom. The summed E-state index contributed by atoms with van der Waals surface area (Å²) in [5.41, 5.74) is 7.42. The highest BCUT2D eigenvalue weighted by Crippen LogP contribution is 2.46. The third-order valence-corrected chi connectivity index (χ3v) is 7.63. The van der Waals surface area contributed by atoms with Crippen LogP contribution in [0.1, 0.15) is 33.9 Å². The van der Waals surface area contributed by atoms with E-state index in [9.17, 15) is 17.3 Å². The van der Waals surface area contributed by atoms with Crippen LogP contribution in [0.2, 0.25) is 5.02 Å². The van der Waals surface area contributed by atoms with E-state index >= 15 is 0 Å². The maximum absolute atomic E-state index is 9.75. The van der Waals surface area contributed by atoms with Crippen molar-refractivity contribution < 1.29 is 21.8 Å². The molecule has 1 nitrogen and oxygen atoms in total. The van der Waals surface area contributed by atoms with Gasteiger partial charge in [-0.2, -0.15) is 4.58 Å². The molecular formula is C35H29BClF4N. The third kappa shape index (κ3) is 7.18. The Bertz CT molecular complexity index is 1540. The summed E-state index contributed by atoms with van der Waals surface area (Å²) in [6.07, 6.45) is 4.27. The van der Waals surface area contributed by atoms with Gasteiger partial charge in [-0.25, -0.2) is 0 Å². The number of halogens is 5. The lowest BCUT2D eigenvalue weighted by Gasteiger charge is -2.25. The molecule has 0 spiro atoms. The minimum atomic E-state index is -6.00. The van der Waals surface area contributed by atoms with E-state index in [-0.39, 0.29) is 11.5 Å². The standard InChI is InChI=1S/C35H29ClN.BF4/c36-31-21-22-33-32(23-31)35(24-27-13-5-1-6-14-27,25-28-15-7-2-8-16-28)26-37(33)34(29-17-9-3-10-18-29)30-19-11-4-12-20-30;2-1(3,4)5/h1-23,26,34H,24-25H2;/q+1;-1. The average Bonchev–Trinajstić information content (AvgIpc) is 3.26.